The molecule has 0 spiro atoms. The molecular formula is C17H19N7. The van der Waals surface area contributed by atoms with Crippen molar-refractivity contribution in [1.82, 2.24) is 34.7 Å². The fraction of sp³-hybridized carbons (Fsp3) is 0.412. The maximum Gasteiger partial charge on any atom is 0.147 e. The molecule has 1 aromatic carbocycles. The fourth-order valence-electron chi connectivity index (χ4n) is 3.29. The summed E-state index contributed by atoms with van der Waals surface area (Å²) >= 11 is 0. The molecule has 0 amide bonds. The second-order valence-corrected chi connectivity index (χ2v) is 6.57. The number of nitrogens with zero attached hydrogens (tertiary/aromatic N) is 7. The first-order chi connectivity index (χ1) is 11.9. The van der Waals surface area contributed by atoms with Gasteiger partial charge in [0.25, 0.3) is 0 Å². The van der Waals surface area contributed by atoms with E-state index in [4.69, 9.17) is 0 Å². The van der Waals surface area contributed by atoms with Crippen LogP contribution in [0.2, 0.25) is 0 Å². The van der Waals surface area contributed by atoms with E-state index in [1.165, 1.54) is 18.7 Å². The molecular weight excluding hydrogens is 302 g/mol. The lowest BCUT2D eigenvalue weighted by atomic mass is 10.3. The zero-order valence-corrected chi connectivity index (χ0v) is 13.4. The molecule has 3 aromatic rings. The SMILES string of the molecule is c1ccc(-n2ncc(CN3CCn4c(nnc4C4CC4)C3)n2)cc1. The molecule has 0 saturated heterocycles. The molecule has 0 bridgehead atoms. The summed E-state index contributed by atoms with van der Waals surface area (Å²) in [4.78, 5) is 4.05. The first-order valence-electron chi connectivity index (χ1n) is 8.48. The third kappa shape index (κ3) is 2.50. The van der Waals surface area contributed by atoms with Crippen molar-refractivity contribution < 1.29 is 0 Å². The Morgan fingerprint density at radius 1 is 1.04 bits per heavy atom. The fourth-order valence-corrected chi connectivity index (χ4v) is 3.29. The summed E-state index contributed by atoms with van der Waals surface area (Å²) < 4.78 is 2.31. The molecule has 0 N–H and O–H groups in total. The molecule has 7 heteroatoms. The first-order valence-corrected chi connectivity index (χ1v) is 8.48. The Morgan fingerprint density at radius 3 is 2.75 bits per heavy atom. The van der Waals surface area contributed by atoms with Crippen LogP contribution in [-0.2, 0) is 19.6 Å². The molecule has 0 atom stereocenters. The first kappa shape index (κ1) is 13.9. The highest BCUT2D eigenvalue weighted by atomic mass is 15.5. The lowest BCUT2D eigenvalue weighted by molar-refractivity contribution is 0.204. The van der Waals surface area contributed by atoms with E-state index in [-0.39, 0.29) is 0 Å². The molecule has 1 aliphatic heterocycles. The van der Waals surface area contributed by atoms with Crippen molar-refractivity contribution in [2.24, 2.45) is 0 Å². The summed E-state index contributed by atoms with van der Waals surface area (Å²) in [5.74, 6) is 2.93. The second-order valence-electron chi connectivity index (χ2n) is 6.57. The van der Waals surface area contributed by atoms with Gasteiger partial charge in [-0.3, -0.25) is 4.90 Å². The van der Waals surface area contributed by atoms with E-state index in [0.717, 1.165) is 43.4 Å². The highest BCUT2D eigenvalue weighted by Crippen LogP contribution is 2.39. The maximum atomic E-state index is 4.60. The van der Waals surface area contributed by atoms with Gasteiger partial charge in [0.1, 0.15) is 11.6 Å². The van der Waals surface area contributed by atoms with E-state index in [1.807, 2.05) is 36.5 Å². The Hall–Kier alpha value is -2.54. The monoisotopic (exact) mass is 321 g/mol. The van der Waals surface area contributed by atoms with E-state index in [2.05, 4.69) is 29.9 Å². The summed E-state index contributed by atoms with van der Waals surface area (Å²) in [6.45, 7) is 3.60. The van der Waals surface area contributed by atoms with E-state index in [9.17, 15) is 0 Å². The zero-order valence-electron chi connectivity index (χ0n) is 13.4. The van der Waals surface area contributed by atoms with Gasteiger partial charge in [-0.1, -0.05) is 18.2 Å². The van der Waals surface area contributed by atoms with Gasteiger partial charge in [-0.2, -0.15) is 15.0 Å². The largest absolute Gasteiger partial charge is 0.312 e. The molecule has 0 radical (unpaired) electrons. The standard InChI is InChI=1S/C17H19N7/c1-2-4-15(5-3-1)24-18-10-14(21-24)11-22-8-9-23-16(12-22)19-20-17(23)13-6-7-13/h1-5,10,13H,6-9,11-12H2. The van der Waals surface area contributed by atoms with Gasteiger partial charge in [-0.25, -0.2) is 0 Å². The van der Waals surface area contributed by atoms with Gasteiger partial charge in [-0.05, 0) is 25.0 Å². The van der Waals surface area contributed by atoms with Crippen molar-refractivity contribution in [3.63, 3.8) is 0 Å². The van der Waals surface area contributed by atoms with E-state index in [0.29, 0.717) is 5.92 Å². The Bertz CT molecular complexity index is 847. The molecule has 5 rings (SSSR count). The maximum absolute atomic E-state index is 4.60. The molecule has 2 aliphatic rings. The van der Waals surface area contributed by atoms with Crippen molar-refractivity contribution in [2.75, 3.05) is 6.54 Å². The van der Waals surface area contributed by atoms with Crippen LogP contribution >= 0.6 is 0 Å². The van der Waals surface area contributed by atoms with Crippen molar-refractivity contribution in [3.05, 3.63) is 53.9 Å². The van der Waals surface area contributed by atoms with Gasteiger partial charge in [-0.15, -0.1) is 10.2 Å². The molecule has 1 aliphatic carbocycles. The third-order valence-electron chi connectivity index (χ3n) is 4.72. The summed E-state index contributed by atoms with van der Waals surface area (Å²) in [6.07, 6.45) is 4.39. The zero-order chi connectivity index (χ0) is 15.9. The molecule has 0 unspecified atom stereocenters. The van der Waals surface area contributed by atoms with Gasteiger partial charge in [0.2, 0.25) is 0 Å². The van der Waals surface area contributed by atoms with Crippen LogP contribution in [0.25, 0.3) is 5.69 Å². The number of hydrogen-bond donors (Lipinski definition) is 0. The van der Waals surface area contributed by atoms with E-state index in [1.54, 1.807) is 4.80 Å². The Kier molecular flexibility index (Phi) is 3.19. The highest BCUT2D eigenvalue weighted by molar-refractivity contribution is 5.28. The normalized spacial score (nSPS) is 17.8. The molecule has 7 nitrogen and oxygen atoms in total. The molecule has 1 saturated carbocycles. The minimum absolute atomic E-state index is 0.656. The minimum Gasteiger partial charge on any atom is -0.312 e. The van der Waals surface area contributed by atoms with Crippen molar-refractivity contribution in [1.29, 1.82) is 0 Å². The average molecular weight is 321 g/mol. The molecule has 24 heavy (non-hydrogen) atoms. The lowest BCUT2D eigenvalue weighted by Gasteiger charge is -2.26. The van der Waals surface area contributed by atoms with Gasteiger partial charge in [0.15, 0.2) is 0 Å². The van der Waals surface area contributed by atoms with Crippen LogP contribution in [0.15, 0.2) is 36.5 Å². The average Bonchev–Trinajstić information content (AvgIpc) is 3.21. The lowest BCUT2D eigenvalue weighted by Crippen LogP contribution is -2.34. The Balaban J connectivity index is 1.30. The van der Waals surface area contributed by atoms with E-state index >= 15 is 0 Å². The smallest absolute Gasteiger partial charge is 0.147 e. The van der Waals surface area contributed by atoms with Crippen LogP contribution in [0, 0.1) is 0 Å². The van der Waals surface area contributed by atoms with Gasteiger partial charge in [0, 0.05) is 25.6 Å². The minimum atomic E-state index is 0.656. The number of hydrogen-bond acceptors (Lipinski definition) is 5. The molecule has 3 heterocycles. The molecule has 122 valence electrons. The summed E-state index contributed by atoms with van der Waals surface area (Å²) in [5, 5.41) is 17.8. The van der Waals surface area contributed by atoms with Crippen LogP contribution in [0.5, 0.6) is 0 Å². The van der Waals surface area contributed by atoms with Gasteiger partial charge < -0.3 is 4.57 Å². The topological polar surface area (TPSA) is 64.7 Å². The van der Waals surface area contributed by atoms with Crippen LogP contribution in [0.1, 0.15) is 36.1 Å². The Labute approximate surface area is 139 Å². The number of fused-ring (bicyclic) bond motifs is 1. The Morgan fingerprint density at radius 2 is 1.92 bits per heavy atom. The van der Waals surface area contributed by atoms with Crippen LogP contribution in [0.3, 0.4) is 0 Å². The molecule has 1 fully saturated rings. The quantitative estimate of drug-likeness (QED) is 0.732. The summed E-state index contributed by atoms with van der Waals surface area (Å²) in [5.41, 5.74) is 1.96. The number of benzene rings is 1. The number of aromatic nitrogens is 6. The van der Waals surface area contributed by atoms with Crippen molar-refractivity contribution in [3.8, 4) is 5.69 Å². The van der Waals surface area contributed by atoms with Crippen LogP contribution in [-0.4, -0.2) is 41.2 Å². The van der Waals surface area contributed by atoms with Crippen molar-refractivity contribution >= 4 is 0 Å². The number of para-hydroxylation sites is 1. The van der Waals surface area contributed by atoms with Crippen molar-refractivity contribution in [2.45, 2.75) is 38.4 Å². The van der Waals surface area contributed by atoms with Crippen LogP contribution < -0.4 is 0 Å². The van der Waals surface area contributed by atoms with E-state index < -0.39 is 0 Å². The van der Waals surface area contributed by atoms with Gasteiger partial charge >= 0.3 is 0 Å². The van der Waals surface area contributed by atoms with Crippen LogP contribution in [0.4, 0.5) is 0 Å². The number of rotatable bonds is 4. The summed E-state index contributed by atoms with van der Waals surface area (Å²) in [7, 11) is 0. The van der Waals surface area contributed by atoms with Gasteiger partial charge in [0.05, 0.1) is 24.1 Å². The predicted octanol–water partition coefficient (Wildman–Crippen LogP) is 1.75. The summed E-state index contributed by atoms with van der Waals surface area (Å²) in [6, 6.07) is 9.99. The third-order valence-corrected chi connectivity index (χ3v) is 4.72. The predicted molar refractivity (Wildman–Crippen MR) is 87.5 cm³/mol. The molecule has 2 aromatic heterocycles. The highest BCUT2D eigenvalue weighted by Gasteiger charge is 2.32. The second kappa shape index (κ2) is 5.52.